The summed E-state index contributed by atoms with van der Waals surface area (Å²) < 4.78 is 72.0. The van der Waals surface area contributed by atoms with Gasteiger partial charge >= 0.3 is 6.36 Å². The molecule has 13 heteroatoms. The third-order valence-corrected chi connectivity index (χ3v) is 7.50. The monoisotopic (exact) mass is 517 g/mol. The molecule has 1 aromatic carbocycles. The predicted octanol–water partition coefficient (Wildman–Crippen LogP) is 2.13. The van der Waals surface area contributed by atoms with Gasteiger partial charge < -0.3 is 19.5 Å². The first-order chi connectivity index (χ1) is 16.4. The summed E-state index contributed by atoms with van der Waals surface area (Å²) in [5, 5.41) is 10.8. The Kier molecular flexibility index (Phi) is 8.36. The number of pyridine rings is 1. The number of hydrogen-bond acceptors (Lipinski definition) is 7. The highest BCUT2D eigenvalue weighted by Crippen LogP contribution is 2.31. The number of benzene rings is 1. The largest absolute Gasteiger partial charge is 0.573 e. The predicted molar refractivity (Wildman–Crippen MR) is 118 cm³/mol. The second-order valence-corrected chi connectivity index (χ2v) is 10.1. The maximum atomic E-state index is 12.6. The van der Waals surface area contributed by atoms with E-state index in [0.29, 0.717) is 31.6 Å². The van der Waals surface area contributed by atoms with Crippen LogP contribution in [0.3, 0.4) is 0 Å². The summed E-state index contributed by atoms with van der Waals surface area (Å²) in [7, 11) is -2.68. The Morgan fingerprint density at radius 3 is 2.40 bits per heavy atom. The van der Waals surface area contributed by atoms with Crippen molar-refractivity contribution in [1.82, 2.24) is 14.2 Å². The second-order valence-electron chi connectivity index (χ2n) is 8.03. The Morgan fingerprint density at radius 1 is 1.17 bits per heavy atom. The molecule has 1 aliphatic heterocycles. The zero-order valence-corrected chi connectivity index (χ0v) is 19.8. The number of nitrogens with zero attached hydrogens (tertiary/aromatic N) is 3. The Balaban J connectivity index is 1.42. The lowest BCUT2D eigenvalue weighted by Gasteiger charge is -2.37. The minimum Gasteiger partial charge on any atom is -0.406 e. The van der Waals surface area contributed by atoms with Gasteiger partial charge in [-0.3, -0.25) is 9.78 Å². The van der Waals surface area contributed by atoms with E-state index in [-0.39, 0.29) is 30.6 Å². The number of carbonyl (C=O) groups is 1. The normalized spacial score (nSPS) is 16.3. The maximum Gasteiger partial charge on any atom is 0.573 e. The molecule has 0 bridgehead atoms. The molecule has 0 saturated carbocycles. The van der Waals surface area contributed by atoms with E-state index in [9.17, 15) is 31.5 Å². The molecule has 2 heterocycles. The minimum atomic E-state index is -4.87. The minimum absolute atomic E-state index is 0.0670. The molecular formula is C22H26F3N3O6S. The van der Waals surface area contributed by atoms with Crippen molar-refractivity contribution in [3.63, 3.8) is 0 Å². The SMILES string of the molecule is CN(CCOCC(=O)N1CCC(O)(c2ccccn2)CC1)S(=O)(=O)c1ccc(OC(F)(F)F)cc1. The molecule has 2 aromatic rings. The van der Waals surface area contributed by atoms with Crippen molar-refractivity contribution in [2.45, 2.75) is 29.7 Å². The van der Waals surface area contributed by atoms with Crippen LogP contribution in [0.5, 0.6) is 5.75 Å². The van der Waals surface area contributed by atoms with Crippen LogP contribution in [0.25, 0.3) is 0 Å². The lowest BCUT2D eigenvalue weighted by atomic mass is 9.88. The van der Waals surface area contributed by atoms with Gasteiger partial charge in [-0.05, 0) is 49.2 Å². The van der Waals surface area contributed by atoms with Gasteiger partial charge in [-0.15, -0.1) is 13.2 Å². The zero-order chi connectivity index (χ0) is 25.7. The molecule has 3 rings (SSSR count). The Morgan fingerprint density at radius 2 is 1.83 bits per heavy atom. The summed E-state index contributed by atoms with van der Waals surface area (Å²) in [5.41, 5.74) is -0.525. The van der Waals surface area contributed by atoms with E-state index in [1.165, 1.54) is 7.05 Å². The lowest BCUT2D eigenvalue weighted by Crippen LogP contribution is -2.46. The molecule has 9 nitrogen and oxygen atoms in total. The number of carbonyl (C=O) groups excluding carboxylic acids is 1. The van der Waals surface area contributed by atoms with Crippen LogP contribution >= 0.6 is 0 Å². The van der Waals surface area contributed by atoms with Crippen LogP contribution in [0.4, 0.5) is 13.2 Å². The van der Waals surface area contributed by atoms with E-state index < -0.39 is 27.7 Å². The summed E-state index contributed by atoms with van der Waals surface area (Å²) in [6, 6.07) is 9.15. The highest BCUT2D eigenvalue weighted by Gasteiger charge is 2.36. The number of likely N-dealkylation sites (tertiary alicyclic amines) is 1. The summed E-state index contributed by atoms with van der Waals surface area (Å²) in [6.07, 6.45) is -2.60. The van der Waals surface area contributed by atoms with Crippen molar-refractivity contribution in [2.24, 2.45) is 0 Å². The first-order valence-corrected chi connectivity index (χ1v) is 12.2. The number of halogens is 3. The molecule has 0 spiro atoms. The zero-order valence-electron chi connectivity index (χ0n) is 18.9. The van der Waals surface area contributed by atoms with Crippen molar-refractivity contribution >= 4 is 15.9 Å². The highest BCUT2D eigenvalue weighted by atomic mass is 32.2. The van der Waals surface area contributed by atoms with Crippen LogP contribution in [-0.4, -0.2) is 79.9 Å². The van der Waals surface area contributed by atoms with Crippen molar-refractivity contribution in [3.8, 4) is 5.75 Å². The van der Waals surface area contributed by atoms with Crippen LogP contribution in [0.1, 0.15) is 18.5 Å². The van der Waals surface area contributed by atoms with Crippen LogP contribution in [-0.2, 0) is 25.2 Å². The molecule has 0 radical (unpaired) electrons. The summed E-state index contributed by atoms with van der Waals surface area (Å²) in [6.45, 7) is 0.271. The molecule has 0 atom stereocenters. The Labute approximate surface area is 201 Å². The fourth-order valence-electron chi connectivity index (χ4n) is 3.58. The van der Waals surface area contributed by atoms with Crippen LogP contribution in [0, 0.1) is 0 Å². The first-order valence-electron chi connectivity index (χ1n) is 10.7. The molecule has 1 aliphatic rings. The number of amides is 1. The number of piperidine rings is 1. The topological polar surface area (TPSA) is 109 Å². The maximum absolute atomic E-state index is 12.6. The van der Waals surface area contributed by atoms with Crippen molar-refractivity contribution in [3.05, 3.63) is 54.4 Å². The third-order valence-electron chi connectivity index (χ3n) is 5.63. The van der Waals surface area contributed by atoms with Crippen LogP contribution < -0.4 is 4.74 Å². The second kappa shape index (κ2) is 10.9. The standard InChI is InChI=1S/C22H26F3N3O6S/c1-27(35(31,32)18-7-5-17(6-8-18)34-22(23,24)25)14-15-33-16-20(29)28-12-9-21(30,10-13-28)19-4-2-3-11-26-19/h2-8,11,30H,9-10,12-16H2,1H3. The smallest absolute Gasteiger partial charge is 0.406 e. The molecule has 1 saturated heterocycles. The molecule has 1 N–H and O–H groups in total. The lowest BCUT2D eigenvalue weighted by molar-refractivity contribution is -0.274. The average molecular weight is 518 g/mol. The number of aromatic nitrogens is 1. The number of aliphatic hydroxyl groups is 1. The van der Waals surface area contributed by atoms with Gasteiger partial charge in [0, 0.05) is 32.9 Å². The fraction of sp³-hybridized carbons (Fsp3) is 0.455. The van der Waals surface area contributed by atoms with Gasteiger partial charge in [-0.2, -0.15) is 4.31 Å². The van der Waals surface area contributed by atoms with E-state index in [1.54, 1.807) is 29.3 Å². The van der Waals surface area contributed by atoms with Crippen LogP contribution in [0.15, 0.2) is 53.6 Å². The van der Waals surface area contributed by atoms with Crippen molar-refractivity contribution in [1.29, 1.82) is 0 Å². The van der Waals surface area contributed by atoms with Gasteiger partial charge in [0.1, 0.15) is 18.0 Å². The molecule has 192 valence electrons. The first kappa shape index (κ1) is 26.9. The van der Waals surface area contributed by atoms with E-state index in [1.807, 2.05) is 0 Å². The molecule has 35 heavy (non-hydrogen) atoms. The van der Waals surface area contributed by atoms with E-state index in [2.05, 4.69) is 9.72 Å². The molecule has 1 aromatic heterocycles. The number of hydrogen-bond donors (Lipinski definition) is 1. The number of ether oxygens (including phenoxy) is 2. The Hall–Kier alpha value is -2.74. The van der Waals surface area contributed by atoms with Gasteiger partial charge in [-0.1, -0.05) is 6.07 Å². The van der Waals surface area contributed by atoms with Crippen LogP contribution in [0.2, 0.25) is 0 Å². The summed E-state index contributed by atoms with van der Waals surface area (Å²) >= 11 is 0. The van der Waals surface area contributed by atoms with E-state index in [0.717, 1.165) is 28.6 Å². The van der Waals surface area contributed by atoms with E-state index in [4.69, 9.17) is 4.74 Å². The van der Waals surface area contributed by atoms with Gasteiger partial charge in [-0.25, -0.2) is 8.42 Å². The fourth-order valence-corrected chi connectivity index (χ4v) is 4.73. The third kappa shape index (κ3) is 7.13. The van der Waals surface area contributed by atoms with Gasteiger partial charge in [0.2, 0.25) is 15.9 Å². The molecule has 0 aliphatic carbocycles. The molecule has 1 fully saturated rings. The van der Waals surface area contributed by atoms with E-state index >= 15 is 0 Å². The summed E-state index contributed by atoms with van der Waals surface area (Å²) in [5.74, 6) is -0.809. The van der Waals surface area contributed by atoms with Gasteiger partial charge in [0.05, 0.1) is 17.2 Å². The van der Waals surface area contributed by atoms with Crippen molar-refractivity contribution in [2.75, 3.05) is 39.9 Å². The quantitative estimate of drug-likeness (QED) is 0.508. The Bertz CT molecular complexity index is 1090. The number of alkyl halides is 3. The number of rotatable bonds is 9. The highest BCUT2D eigenvalue weighted by molar-refractivity contribution is 7.89. The van der Waals surface area contributed by atoms with Gasteiger partial charge in [0.25, 0.3) is 0 Å². The molecular weight excluding hydrogens is 491 g/mol. The molecule has 1 amide bonds. The number of sulfonamides is 1. The average Bonchev–Trinajstić information content (AvgIpc) is 2.82. The number of likely N-dealkylation sites (N-methyl/N-ethyl adjacent to an activating group) is 1. The molecule has 0 unspecified atom stereocenters. The summed E-state index contributed by atoms with van der Waals surface area (Å²) in [4.78, 5) is 18.0. The van der Waals surface area contributed by atoms with Gasteiger partial charge in [0.15, 0.2) is 0 Å². The van der Waals surface area contributed by atoms with Crippen molar-refractivity contribution < 1.29 is 41.0 Å².